The number of aryl methyl sites for hydroxylation is 1. The number of rotatable bonds is 6. The van der Waals surface area contributed by atoms with E-state index in [0.717, 1.165) is 43.4 Å². The molecule has 0 aliphatic heterocycles. The van der Waals surface area contributed by atoms with Crippen LogP contribution in [0.4, 0.5) is 5.69 Å². The summed E-state index contributed by atoms with van der Waals surface area (Å²) in [7, 11) is 0. The molecule has 3 aromatic carbocycles. The quantitative estimate of drug-likeness (QED) is 0.283. The molecule has 0 saturated carbocycles. The number of halogens is 1. The third-order valence-electron chi connectivity index (χ3n) is 5.22. The van der Waals surface area contributed by atoms with E-state index in [1.807, 2.05) is 50.2 Å². The van der Waals surface area contributed by atoms with Gasteiger partial charge in [0.15, 0.2) is 0 Å². The van der Waals surface area contributed by atoms with Gasteiger partial charge in [-0.25, -0.2) is 0 Å². The van der Waals surface area contributed by atoms with Gasteiger partial charge < -0.3 is 14.5 Å². The molecule has 0 fully saturated rings. The van der Waals surface area contributed by atoms with Crippen LogP contribution in [0.3, 0.4) is 0 Å². The zero-order valence-electron chi connectivity index (χ0n) is 18.2. The van der Waals surface area contributed by atoms with Gasteiger partial charge in [-0.3, -0.25) is 4.79 Å². The van der Waals surface area contributed by atoms with Crippen LogP contribution >= 0.6 is 15.9 Å². The summed E-state index contributed by atoms with van der Waals surface area (Å²) in [6.45, 7) is 6.43. The minimum Gasteiger partial charge on any atom is -0.493 e. The fourth-order valence-electron chi connectivity index (χ4n) is 3.58. The van der Waals surface area contributed by atoms with Crippen LogP contribution < -0.4 is 10.1 Å². The van der Waals surface area contributed by atoms with E-state index in [0.29, 0.717) is 12.4 Å². The number of carbonyl (C=O) groups excluding carboxylic acids is 1. The van der Waals surface area contributed by atoms with Crippen molar-refractivity contribution in [2.45, 2.75) is 20.8 Å². The molecule has 4 rings (SSSR count). The highest BCUT2D eigenvalue weighted by Gasteiger charge is 2.15. The first-order chi connectivity index (χ1) is 15.4. The van der Waals surface area contributed by atoms with Gasteiger partial charge in [0.05, 0.1) is 12.9 Å². The van der Waals surface area contributed by atoms with Gasteiger partial charge in [-0.2, -0.15) is 0 Å². The van der Waals surface area contributed by atoms with Crippen LogP contribution in [0.1, 0.15) is 25.0 Å². The van der Waals surface area contributed by atoms with Crippen LogP contribution in [0, 0.1) is 6.92 Å². The molecule has 0 spiro atoms. The van der Waals surface area contributed by atoms with Crippen molar-refractivity contribution in [3.05, 3.63) is 88.6 Å². The lowest BCUT2D eigenvalue weighted by molar-refractivity contribution is -0.111. The van der Waals surface area contributed by atoms with Crippen molar-refractivity contribution in [2.75, 3.05) is 11.9 Å². The second-order valence-electron chi connectivity index (χ2n) is 7.62. The Labute approximate surface area is 196 Å². The molecule has 1 aromatic heterocycles. The Hall–Kier alpha value is -3.31. The SMILES string of the molecule is CCOc1cc2occ(-c3ccc(C)cc3)c2cc1/C(C)=C/C(=O)Nc1ccc(Br)cc1. The van der Waals surface area contributed by atoms with Crippen LogP contribution in [-0.2, 0) is 4.79 Å². The third kappa shape index (κ3) is 4.78. The Bertz CT molecular complexity index is 1290. The summed E-state index contributed by atoms with van der Waals surface area (Å²) in [4.78, 5) is 12.6. The Morgan fingerprint density at radius 1 is 1.09 bits per heavy atom. The monoisotopic (exact) mass is 489 g/mol. The molecule has 32 heavy (non-hydrogen) atoms. The lowest BCUT2D eigenvalue weighted by atomic mass is 9.98. The minimum atomic E-state index is -0.196. The summed E-state index contributed by atoms with van der Waals surface area (Å²) in [5, 5.41) is 3.88. The summed E-state index contributed by atoms with van der Waals surface area (Å²) in [5.74, 6) is 0.494. The summed E-state index contributed by atoms with van der Waals surface area (Å²) in [5.41, 5.74) is 6.45. The average molecular weight is 490 g/mol. The maximum atomic E-state index is 12.6. The number of amides is 1. The number of ether oxygens (including phenoxy) is 1. The molecule has 0 aliphatic rings. The number of allylic oxidation sites excluding steroid dienone is 1. The Kier molecular flexibility index (Phi) is 6.47. The second kappa shape index (κ2) is 9.45. The molecular weight excluding hydrogens is 466 g/mol. The van der Waals surface area contributed by atoms with Crippen molar-refractivity contribution in [3.8, 4) is 16.9 Å². The molecule has 5 heteroatoms. The van der Waals surface area contributed by atoms with E-state index < -0.39 is 0 Å². The minimum absolute atomic E-state index is 0.196. The van der Waals surface area contributed by atoms with Crippen molar-refractivity contribution in [3.63, 3.8) is 0 Å². The highest BCUT2D eigenvalue weighted by Crippen LogP contribution is 2.37. The van der Waals surface area contributed by atoms with Gasteiger partial charge in [-0.1, -0.05) is 45.8 Å². The Balaban J connectivity index is 1.71. The molecule has 0 bridgehead atoms. The molecule has 1 heterocycles. The first-order valence-corrected chi connectivity index (χ1v) is 11.2. The second-order valence-corrected chi connectivity index (χ2v) is 8.53. The van der Waals surface area contributed by atoms with Crippen molar-refractivity contribution in [1.82, 2.24) is 0 Å². The van der Waals surface area contributed by atoms with Crippen LogP contribution in [0.2, 0.25) is 0 Å². The van der Waals surface area contributed by atoms with Crippen molar-refractivity contribution >= 4 is 44.1 Å². The number of fused-ring (bicyclic) bond motifs is 1. The maximum Gasteiger partial charge on any atom is 0.248 e. The molecule has 0 atom stereocenters. The van der Waals surface area contributed by atoms with E-state index in [1.165, 1.54) is 5.56 Å². The smallest absolute Gasteiger partial charge is 0.248 e. The molecule has 0 unspecified atom stereocenters. The predicted molar refractivity (Wildman–Crippen MR) is 134 cm³/mol. The first-order valence-electron chi connectivity index (χ1n) is 10.4. The first kappa shape index (κ1) is 21.9. The molecule has 1 amide bonds. The zero-order valence-corrected chi connectivity index (χ0v) is 19.8. The molecule has 4 aromatic rings. The van der Waals surface area contributed by atoms with Crippen molar-refractivity contribution in [2.24, 2.45) is 0 Å². The number of hydrogen-bond acceptors (Lipinski definition) is 3. The predicted octanol–water partition coefficient (Wildman–Crippen LogP) is 7.61. The fourth-order valence-corrected chi connectivity index (χ4v) is 3.85. The Morgan fingerprint density at radius 3 is 2.50 bits per heavy atom. The molecule has 0 radical (unpaired) electrons. The largest absolute Gasteiger partial charge is 0.493 e. The van der Waals surface area contributed by atoms with Gasteiger partial charge in [0.1, 0.15) is 11.3 Å². The summed E-state index contributed by atoms with van der Waals surface area (Å²) in [6.07, 6.45) is 3.37. The zero-order chi connectivity index (χ0) is 22.7. The normalized spacial score (nSPS) is 11.6. The van der Waals surface area contributed by atoms with Crippen LogP contribution in [0.15, 0.2) is 81.9 Å². The van der Waals surface area contributed by atoms with E-state index in [4.69, 9.17) is 9.15 Å². The van der Waals surface area contributed by atoms with E-state index in [2.05, 4.69) is 52.4 Å². The molecule has 0 saturated heterocycles. The molecule has 4 nitrogen and oxygen atoms in total. The van der Waals surface area contributed by atoms with E-state index in [1.54, 1.807) is 12.3 Å². The third-order valence-corrected chi connectivity index (χ3v) is 5.75. The van der Waals surface area contributed by atoms with E-state index in [-0.39, 0.29) is 5.91 Å². The molecule has 162 valence electrons. The Morgan fingerprint density at radius 2 is 1.81 bits per heavy atom. The average Bonchev–Trinajstić information content (AvgIpc) is 3.18. The van der Waals surface area contributed by atoms with Crippen LogP contribution in [-0.4, -0.2) is 12.5 Å². The van der Waals surface area contributed by atoms with Gasteiger partial charge in [0.25, 0.3) is 0 Å². The number of furan rings is 1. The number of anilines is 1. The highest BCUT2D eigenvalue weighted by atomic mass is 79.9. The van der Waals surface area contributed by atoms with Gasteiger partial charge >= 0.3 is 0 Å². The number of carbonyl (C=O) groups is 1. The molecular formula is C27H24BrNO3. The summed E-state index contributed by atoms with van der Waals surface area (Å²) < 4.78 is 12.7. The molecule has 1 N–H and O–H groups in total. The van der Waals surface area contributed by atoms with E-state index >= 15 is 0 Å². The number of nitrogens with one attached hydrogen (secondary N) is 1. The summed E-state index contributed by atoms with van der Waals surface area (Å²) in [6, 6.07) is 19.8. The van der Waals surface area contributed by atoms with Crippen LogP contribution in [0.25, 0.3) is 27.7 Å². The molecule has 0 aliphatic carbocycles. The van der Waals surface area contributed by atoms with Gasteiger partial charge in [0.2, 0.25) is 5.91 Å². The topological polar surface area (TPSA) is 51.5 Å². The van der Waals surface area contributed by atoms with E-state index in [9.17, 15) is 4.79 Å². The lowest BCUT2D eigenvalue weighted by Gasteiger charge is -2.12. The van der Waals surface area contributed by atoms with Gasteiger partial charge in [-0.05, 0) is 62.2 Å². The fraction of sp³-hybridized carbons (Fsp3) is 0.148. The van der Waals surface area contributed by atoms with Crippen molar-refractivity contribution < 1.29 is 13.9 Å². The van der Waals surface area contributed by atoms with Crippen molar-refractivity contribution in [1.29, 1.82) is 0 Å². The number of benzene rings is 3. The maximum absolute atomic E-state index is 12.6. The standard InChI is InChI=1S/C27H24BrNO3/c1-4-31-25-15-26-23(24(16-32-26)19-7-5-17(2)6-8-19)14-22(25)18(3)13-27(30)29-21-11-9-20(28)10-12-21/h5-16H,4H2,1-3H3,(H,29,30)/b18-13+. The van der Waals surface area contributed by atoms with Gasteiger partial charge in [0, 0.05) is 38.8 Å². The van der Waals surface area contributed by atoms with Crippen LogP contribution in [0.5, 0.6) is 5.75 Å². The number of hydrogen-bond donors (Lipinski definition) is 1. The highest BCUT2D eigenvalue weighted by molar-refractivity contribution is 9.10. The van der Waals surface area contributed by atoms with Gasteiger partial charge in [-0.15, -0.1) is 0 Å². The lowest BCUT2D eigenvalue weighted by Crippen LogP contribution is -2.08. The summed E-state index contributed by atoms with van der Waals surface area (Å²) >= 11 is 3.40.